The number of nitrogens with zero attached hydrogens (tertiary/aromatic N) is 4. The van der Waals surface area contributed by atoms with Gasteiger partial charge in [-0.1, -0.05) is 241 Å². The van der Waals surface area contributed by atoms with E-state index < -0.39 is 0 Å². The van der Waals surface area contributed by atoms with Gasteiger partial charge in [-0.2, -0.15) is 17.5 Å². The molecule has 10 aromatic rings. The Morgan fingerprint density at radius 1 is 0.325 bits per heavy atom. The van der Waals surface area contributed by atoms with Crippen LogP contribution < -0.4 is 9.47 Å². The van der Waals surface area contributed by atoms with Crippen LogP contribution in [0.3, 0.4) is 0 Å². The zero-order valence-corrected chi connectivity index (χ0v) is 54.1. The summed E-state index contributed by atoms with van der Waals surface area (Å²) >= 11 is 8.15. The highest BCUT2D eigenvalue weighted by Gasteiger charge is 2.28. The Labute approximate surface area is 516 Å². The smallest absolute Gasteiger partial charge is 0.146 e. The van der Waals surface area contributed by atoms with E-state index in [9.17, 15) is 0 Å². The van der Waals surface area contributed by atoms with E-state index in [0.29, 0.717) is 0 Å². The van der Waals surface area contributed by atoms with E-state index in [-0.39, 0.29) is 12.2 Å². The van der Waals surface area contributed by atoms with Crippen LogP contribution in [-0.2, 0) is 0 Å². The molecule has 6 nitrogen and oxygen atoms in total. The molecule has 0 spiro atoms. The van der Waals surface area contributed by atoms with Gasteiger partial charge in [0.25, 0.3) is 0 Å². The zero-order chi connectivity index (χ0) is 57.0. The first-order chi connectivity index (χ1) is 41.1. The van der Waals surface area contributed by atoms with Crippen LogP contribution in [0.4, 0.5) is 0 Å². The van der Waals surface area contributed by atoms with E-state index in [1.165, 1.54) is 212 Å². The summed E-state index contributed by atoms with van der Waals surface area (Å²) in [6, 6.07) is 39.9. The molecule has 0 N–H and O–H groups in total. The van der Waals surface area contributed by atoms with Crippen molar-refractivity contribution in [3.63, 3.8) is 0 Å². The van der Waals surface area contributed by atoms with E-state index >= 15 is 0 Å². The molecule has 5 aromatic carbocycles. The number of benzene rings is 5. The molecule has 0 atom stereocenters. The normalized spacial score (nSPS) is 12.0. The van der Waals surface area contributed by atoms with Gasteiger partial charge in [0.2, 0.25) is 0 Å². The average Bonchev–Trinajstić information content (AvgIpc) is 3.87. The lowest BCUT2D eigenvalue weighted by molar-refractivity contribution is 0.174. The van der Waals surface area contributed by atoms with Crippen molar-refractivity contribution in [1.29, 1.82) is 0 Å². The summed E-state index contributed by atoms with van der Waals surface area (Å²) < 4.78 is 38.2. The lowest BCUT2D eigenvalue weighted by Crippen LogP contribution is -2.18. The van der Waals surface area contributed by atoms with Gasteiger partial charge in [-0.05, 0) is 86.8 Å². The first-order valence-electron chi connectivity index (χ1n) is 32.1. The molecule has 11 heteroatoms. The van der Waals surface area contributed by atoms with Crippen molar-refractivity contribution in [2.24, 2.45) is 0 Å². The molecule has 0 bridgehead atoms. The maximum absolute atomic E-state index is 7.83. The van der Waals surface area contributed by atoms with E-state index in [1.54, 1.807) is 0 Å². The number of unbranched alkanes of at least 4 members (excludes halogenated alkanes) is 20. The highest BCUT2D eigenvalue weighted by Crippen LogP contribution is 2.55. The van der Waals surface area contributed by atoms with Gasteiger partial charge in [0.05, 0.1) is 45.1 Å². The van der Waals surface area contributed by atoms with Crippen molar-refractivity contribution < 1.29 is 9.47 Å². The van der Waals surface area contributed by atoms with Gasteiger partial charge in [0.1, 0.15) is 33.6 Å². The molecule has 0 aliphatic heterocycles. The van der Waals surface area contributed by atoms with Crippen molar-refractivity contribution in [3.8, 4) is 64.4 Å². The third-order valence-electron chi connectivity index (χ3n) is 16.8. The first-order valence-corrected chi connectivity index (χ1v) is 36.1. The van der Waals surface area contributed by atoms with Gasteiger partial charge in [-0.15, -0.1) is 34.0 Å². The maximum Gasteiger partial charge on any atom is 0.146 e. The number of rotatable bonds is 37. The van der Waals surface area contributed by atoms with Crippen molar-refractivity contribution in [1.82, 2.24) is 17.5 Å². The molecule has 5 heterocycles. The molecule has 0 amide bonds. The minimum atomic E-state index is 0.104. The van der Waals surface area contributed by atoms with Crippen LogP contribution in [0.5, 0.6) is 11.5 Å². The largest absolute Gasteiger partial charge is 0.488 e. The molecule has 0 unspecified atom stereocenters. The summed E-state index contributed by atoms with van der Waals surface area (Å²) in [7, 11) is 0. The molecule has 0 aliphatic rings. The van der Waals surface area contributed by atoms with Crippen molar-refractivity contribution >= 4 is 99.7 Å². The Hall–Kier alpha value is -5.04. The Kier molecular flexibility index (Phi) is 23.5. The van der Waals surface area contributed by atoms with Crippen LogP contribution in [0.2, 0.25) is 0 Å². The van der Waals surface area contributed by atoms with Gasteiger partial charge in [0.15, 0.2) is 0 Å². The number of hydrogen-bond donors (Lipinski definition) is 0. The molecule has 5 aromatic heterocycles. The number of fused-ring (bicyclic) bond motifs is 4. The average molecular weight is 1200 g/mol. The Balaban J connectivity index is 1.12. The molecular formula is C72H88N4O2S5. The monoisotopic (exact) mass is 1200 g/mol. The third-order valence-corrected chi connectivity index (χ3v) is 21.4. The second-order valence-electron chi connectivity index (χ2n) is 23.2. The highest BCUT2D eigenvalue weighted by molar-refractivity contribution is 7.25. The summed E-state index contributed by atoms with van der Waals surface area (Å²) in [5.41, 5.74) is 10.7. The predicted molar refractivity (Wildman–Crippen MR) is 365 cm³/mol. The van der Waals surface area contributed by atoms with Gasteiger partial charge >= 0.3 is 0 Å². The molecule has 0 fully saturated rings. The Bertz CT molecular complexity index is 3410. The number of thiophene rings is 3. The molecule has 83 heavy (non-hydrogen) atoms. The van der Waals surface area contributed by atoms with E-state index in [0.717, 1.165) is 97.8 Å². The SMILES string of the molecule is CCCCCCCCC(CCCCCCCC)Oc1c2cc(-c3ccc(-c4ccc(-c5ccccc5)s4)c4nsnc34)sc2c(OC(CCCCCCCC)CCCCCCCC)c2cc(-c3ccc(-c4ccccc4)c4nsnc34)sc12. The summed E-state index contributed by atoms with van der Waals surface area (Å²) in [6.45, 7) is 9.25. The van der Waals surface area contributed by atoms with Crippen LogP contribution in [0, 0.1) is 0 Å². The Morgan fingerprint density at radius 2 is 0.663 bits per heavy atom. The van der Waals surface area contributed by atoms with E-state index in [2.05, 4.69) is 137 Å². The quantitative estimate of drug-likeness (QED) is 0.0361. The van der Waals surface area contributed by atoms with Gasteiger partial charge in [0, 0.05) is 52.5 Å². The second kappa shape index (κ2) is 31.9. The lowest BCUT2D eigenvalue weighted by atomic mass is 10.0. The molecular weight excluding hydrogens is 1110 g/mol. The fourth-order valence-electron chi connectivity index (χ4n) is 12.1. The zero-order valence-electron chi connectivity index (χ0n) is 50.0. The minimum Gasteiger partial charge on any atom is -0.488 e. The lowest BCUT2D eigenvalue weighted by Gasteiger charge is -2.23. The fraction of sp³-hybridized carbons (Fsp3) is 0.472. The first kappa shape index (κ1) is 61.1. The summed E-state index contributed by atoms with van der Waals surface area (Å²) in [4.78, 5) is 4.80. The number of ether oxygens (including phenoxy) is 2. The molecule has 0 radical (unpaired) electrons. The summed E-state index contributed by atoms with van der Waals surface area (Å²) in [6.07, 6.45) is 34.9. The number of hydrogen-bond acceptors (Lipinski definition) is 11. The van der Waals surface area contributed by atoms with Crippen molar-refractivity contribution in [2.75, 3.05) is 0 Å². The standard InChI is InChI=1S/C72H88N4O2S5/c1-5-9-13-17-21-31-39-53(40-32-22-18-14-10-6-2)77-69-59-49-63(57-44-43-55(51-35-27-25-28-36-51)65-67(57)75-82-73-65)80-71(59)70(78-54(41-33-23-19-15-11-7-3)42-34-24-20-16-12-8-4)60-50-64(81-72(60)69)58-46-45-56(66-68(58)76-83-74-66)62-48-47-61(79-62)52-37-29-26-30-38-52/h25-30,35-38,43-50,53-54H,5-24,31-34,39-42H2,1-4H3. The van der Waals surface area contributed by atoms with Gasteiger partial charge < -0.3 is 9.47 Å². The van der Waals surface area contributed by atoms with Crippen LogP contribution in [-0.4, -0.2) is 29.7 Å². The fourth-order valence-corrected chi connectivity index (χ4v) is 16.6. The Morgan fingerprint density at radius 3 is 1.07 bits per heavy atom. The van der Waals surface area contributed by atoms with E-state index in [1.807, 2.05) is 34.0 Å². The van der Waals surface area contributed by atoms with Crippen LogP contribution >= 0.6 is 57.5 Å². The van der Waals surface area contributed by atoms with Crippen molar-refractivity contribution in [2.45, 2.75) is 220 Å². The van der Waals surface area contributed by atoms with Crippen LogP contribution in [0.1, 0.15) is 207 Å². The van der Waals surface area contributed by atoms with E-state index in [4.69, 9.17) is 27.0 Å². The molecule has 0 saturated carbocycles. The molecule has 10 rings (SSSR count). The van der Waals surface area contributed by atoms with Crippen LogP contribution in [0.25, 0.3) is 95.1 Å². The van der Waals surface area contributed by atoms with Crippen LogP contribution in [0.15, 0.2) is 109 Å². The molecule has 0 saturated heterocycles. The van der Waals surface area contributed by atoms with Gasteiger partial charge in [-0.3, -0.25) is 0 Å². The highest BCUT2D eigenvalue weighted by atomic mass is 32.1. The van der Waals surface area contributed by atoms with Crippen molar-refractivity contribution in [3.05, 3.63) is 109 Å². The minimum absolute atomic E-state index is 0.104. The number of aromatic nitrogens is 4. The topological polar surface area (TPSA) is 70.0 Å². The maximum atomic E-state index is 7.83. The third kappa shape index (κ3) is 15.7. The molecule has 438 valence electrons. The van der Waals surface area contributed by atoms with Gasteiger partial charge in [-0.25, -0.2) is 0 Å². The summed E-state index contributed by atoms with van der Waals surface area (Å²) in [5.74, 6) is 2.02. The molecule has 0 aliphatic carbocycles. The summed E-state index contributed by atoms with van der Waals surface area (Å²) in [5, 5.41) is 2.31. The second-order valence-corrected chi connectivity index (χ2v) is 27.5. The predicted octanol–water partition coefficient (Wildman–Crippen LogP) is 25.0.